The van der Waals surface area contributed by atoms with Gasteiger partial charge < -0.3 is 10.6 Å². The molecule has 1 aromatic heterocycles. The Morgan fingerprint density at radius 3 is 2.37 bits per heavy atom. The zero-order valence-corrected chi connectivity index (χ0v) is 16.0. The number of anilines is 4. The fourth-order valence-corrected chi connectivity index (χ4v) is 2.80. The Kier molecular flexibility index (Phi) is 5.31. The van der Waals surface area contributed by atoms with Gasteiger partial charge in [0.2, 0.25) is 11.6 Å². The lowest BCUT2D eigenvalue weighted by Gasteiger charge is -2.13. The van der Waals surface area contributed by atoms with E-state index in [0.29, 0.717) is 10.2 Å². The van der Waals surface area contributed by atoms with Crippen molar-refractivity contribution in [2.75, 3.05) is 10.6 Å². The third-order valence-corrected chi connectivity index (χ3v) is 4.54. The standard InChI is InChI=1S/C18H15BrFN5O2/c1-10-4-3-5-14(11(10)2)23-17-16(25(26)27)18(22-9-21-17)24-15-7-6-12(19)8-13(15)20/h3-9H,1-2H3,(H2,21,22,23,24). The highest BCUT2D eigenvalue weighted by Crippen LogP contribution is 2.34. The van der Waals surface area contributed by atoms with Crippen LogP contribution in [-0.2, 0) is 0 Å². The number of aryl methyl sites for hydroxylation is 1. The van der Waals surface area contributed by atoms with Gasteiger partial charge in [-0.25, -0.2) is 14.4 Å². The summed E-state index contributed by atoms with van der Waals surface area (Å²) in [6.45, 7) is 3.85. The summed E-state index contributed by atoms with van der Waals surface area (Å²) in [5, 5.41) is 17.3. The monoisotopic (exact) mass is 431 g/mol. The Morgan fingerprint density at radius 1 is 1.07 bits per heavy atom. The van der Waals surface area contributed by atoms with Gasteiger partial charge in [-0.3, -0.25) is 10.1 Å². The average Bonchev–Trinajstić information content (AvgIpc) is 2.61. The molecule has 0 radical (unpaired) electrons. The van der Waals surface area contributed by atoms with Gasteiger partial charge in [0.25, 0.3) is 0 Å². The molecule has 0 spiro atoms. The van der Waals surface area contributed by atoms with Gasteiger partial charge >= 0.3 is 5.69 Å². The molecule has 0 fully saturated rings. The van der Waals surface area contributed by atoms with Gasteiger partial charge in [-0.05, 0) is 49.2 Å². The molecule has 0 aliphatic carbocycles. The zero-order chi connectivity index (χ0) is 19.6. The quantitative estimate of drug-likeness (QED) is 0.415. The van der Waals surface area contributed by atoms with Crippen LogP contribution in [0, 0.1) is 29.8 Å². The van der Waals surface area contributed by atoms with Crippen molar-refractivity contribution in [3.05, 3.63) is 74.3 Å². The highest BCUT2D eigenvalue weighted by Gasteiger charge is 2.24. The Balaban J connectivity index is 2.02. The predicted molar refractivity (Wildman–Crippen MR) is 105 cm³/mol. The van der Waals surface area contributed by atoms with Crippen LogP contribution in [0.25, 0.3) is 0 Å². The van der Waals surface area contributed by atoms with Crippen LogP contribution in [-0.4, -0.2) is 14.9 Å². The first-order chi connectivity index (χ1) is 12.9. The molecule has 0 saturated heterocycles. The molecule has 0 saturated carbocycles. The van der Waals surface area contributed by atoms with Gasteiger partial charge in [-0.15, -0.1) is 0 Å². The molecule has 0 amide bonds. The molecule has 3 rings (SSSR count). The second-order valence-electron chi connectivity index (χ2n) is 5.80. The van der Waals surface area contributed by atoms with E-state index in [-0.39, 0.29) is 23.0 Å². The number of halogens is 2. The lowest BCUT2D eigenvalue weighted by molar-refractivity contribution is -0.383. The lowest BCUT2D eigenvalue weighted by Crippen LogP contribution is -2.07. The maximum Gasteiger partial charge on any atom is 0.353 e. The first-order valence-electron chi connectivity index (χ1n) is 7.91. The van der Waals surface area contributed by atoms with Crippen LogP contribution in [0.5, 0.6) is 0 Å². The predicted octanol–water partition coefficient (Wildman–Crippen LogP) is 5.39. The molecule has 2 aromatic carbocycles. The zero-order valence-electron chi connectivity index (χ0n) is 14.5. The minimum Gasteiger partial charge on any atom is -0.334 e. The number of aromatic nitrogens is 2. The minimum atomic E-state index is -0.605. The van der Waals surface area contributed by atoms with Crippen molar-refractivity contribution in [1.29, 1.82) is 0 Å². The summed E-state index contributed by atoms with van der Waals surface area (Å²) in [4.78, 5) is 19.0. The summed E-state index contributed by atoms with van der Waals surface area (Å²) >= 11 is 3.17. The maximum absolute atomic E-state index is 14.1. The van der Waals surface area contributed by atoms with Crippen molar-refractivity contribution in [2.24, 2.45) is 0 Å². The lowest BCUT2D eigenvalue weighted by atomic mass is 10.1. The molecule has 0 aliphatic heterocycles. The number of benzene rings is 2. The molecule has 0 bridgehead atoms. The second-order valence-corrected chi connectivity index (χ2v) is 6.71. The van der Waals surface area contributed by atoms with Gasteiger partial charge in [-0.1, -0.05) is 28.1 Å². The largest absolute Gasteiger partial charge is 0.353 e. The molecule has 0 unspecified atom stereocenters. The molecule has 2 N–H and O–H groups in total. The van der Waals surface area contributed by atoms with E-state index in [0.717, 1.165) is 11.1 Å². The van der Waals surface area contributed by atoms with E-state index in [1.165, 1.54) is 18.5 Å². The van der Waals surface area contributed by atoms with Crippen LogP contribution < -0.4 is 10.6 Å². The Bertz CT molecular complexity index is 1030. The van der Waals surface area contributed by atoms with Gasteiger partial charge in [0.05, 0.1) is 10.6 Å². The molecule has 27 heavy (non-hydrogen) atoms. The highest BCUT2D eigenvalue weighted by molar-refractivity contribution is 9.10. The van der Waals surface area contributed by atoms with E-state index >= 15 is 0 Å². The second kappa shape index (κ2) is 7.67. The molecule has 1 heterocycles. The summed E-state index contributed by atoms with van der Waals surface area (Å²) in [6, 6.07) is 9.92. The summed E-state index contributed by atoms with van der Waals surface area (Å²) in [7, 11) is 0. The number of rotatable bonds is 5. The first kappa shape index (κ1) is 18.7. The van der Waals surface area contributed by atoms with Gasteiger partial charge in [-0.2, -0.15) is 0 Å². The first-order valence-corrected chi connectivity index (χ1v) is 8.71. The van der Waals surface area contributed by atoms with E-state index < -0.39 is 10.7 Å². The molecule has 3 aromatic rings. The summed E-state index contributed by atoms with van der Waals surface area (Å²) in [5.41, 5.74) is 2.36. The fourth-order valence-electron chi connectivity index (χ4n) is 2.47. The topological polar surface area (TPSA) is 93.0 Å². The number of nitrogens with zero attached hydrogens (tertiary/aromatic N) is 3. The Morgan fingerprint density at radius 2 is 1.74 bits per heavy atom. The van der Waals surface area contributed by atoms with E-state index in [1.807, 2.05) is 26.0 Å². The molecular formula is C18H15BrFN5O2. The van der Waals surface area contributed by atoms with Crippen molar-refractivity contribution in [2.45, 2.75) is 13.8 Å². The highest BCUT2D eigenvalue weighted by atomic mass is 79.9. The summed E-state index contributed by atoms with van der Waals surface area (Å²) in [5.74, 6) is -0.658. The van der Waals surface area contributed by atoms with Gasteiger partial charge in [0.15, 0.2) is 0 Å². The van der Waals surface area contributed by atoms with E-state index in [9.17, 15) is 14.5 Å². The Hall–Kier alpha value is -3.07. The number of nitrogens with one attached hydrogen (secondary N) is 2. The normalized spacial score (nSPS) is 10.5. The third kappa shape index (κ3) is 4.03. The SMILES string of the molecule is Cc1cccc(Nc2ncnc(Nc3ccc(Br)cc3F)c2[N+](=O)[O-])c1C. The van der Waals surface area contributed by atoms with Crippen molar-refractivity contribution in [3.63, 3.8) is 0 Å². The average molecular weight is 432 g/mol. The Labute approximate surface area is 163 Å². The van der Waals surface area contributed by atoms with Crippen LogP contribution in [0.4, 0.5) is 33.1 Å². The molecule has 7 nitrogen and oxygen atoms in total. The number of hydrogen-bond donors (Lipinski definition) is 2. The number of nitro groups is 1. The third-order valence-electron chi connectivity index (χ3n) is 4.05. The fraction of sp³-hybridized carbons (Fsp3) is 0.111. The molecule has 9 heteroatoms. The van der Waals surface area contributed by atoms with Crippen LogP contribution in [0.2, 0.25) is 0 Å². The molecule has 0 aliphatic rings. The number of hydrogen-bond acceptors (Lipinski definition) is 6. The van der Waals surface area contributed by atoms with Gasteiger partial charge in [0, 0.05) is 10.2 Å². The minimum absolute atomic E-state index is 0.0173. The summed E-state index contributed by atoms with van der Waals surface area (Å²) in [6.07, 6.45) is 1.18. The van der Waals surface area contributed by atoms with Crippen molar-refractivity contribution in [3.8, 4) is 0 Å². The van der Waals surface area contributed by atoms with Crippen LogP contribution in [0.3, 0.4) is 0 Å². The van der Waals surface area contributed by atoms with Crippen molar-refractivity contribution < 1.29 is 9.31 Å². The van der Waals surface area contributed by atoms with Crippen molar-refractivity contribution >= 4 is 44.6 Å². The van der Waals surface area contributed by atoms with E-state index in [1.54, 1.807) is 12.1 Å². The summed E-state index contributed by atoms with van der Waals surface area (Å²) < 4.78 is 14.6. The van der Waals surface area contributed by atoms with Crippen molar-refractivity contribution in [1.82, 2.24) is 9.97 Å². The smallest absolute Gasteiger partial charge is 0.334 e. The van der Waals surface area contributed by atoms with E-state index in [2.05, 4.69) is 36.5 Å². The van der Waals surface area contributed by atoms with Gasteiger partial charge in [0.1, 0.15) is 12.1 Å². The van der Waals surface area contributed by atoms with Crippen LogP contribution in [0.15, 0.2) is 47.2 Å². The molecular weight excluding hydrogens is 417 g/mol. The van der Waals surface area contributed by atoms with E-state index in [4.69, 9.17) is 0 Å². The van der Waals surface area contributed by atoms with Crippen LogP contribution in [0.1, 0.15) is 11.1 Å². The molecule has 0 atom stereocenters. The van der Waals surface area contributed by atoms with Crippen LogP contribution >= 0.6 is 15.9 Å². The maximum atomic E-state index is 14.1. The molecule has 138 valence electrons.